The second-order valence-electron chi connectivity index (χ2n) is 4.86. The van der Waals surface area contributed by atoms with E-state index >= 15 is 0 Å². The van der Waals surface area contributed by atoms with Crippen LogP contribution in [0.5, 0.6) is 0 Å². The highest BCUT2D eigenvalue weighted by molar-refractivity contribution is 5.66. The van der Waals surface area contributed by atoms with Crippen LogP contribution in [0.15, 0.2) is 30.5 Å². The van der Waals surface area contributed by atoms with Gasteiger partial charge in [0.1, 0.15) is 5.82 Å². The molecular formula is C14H17FN4O2. The molecule has 0 saturated carbocycles. The SMILES string of the molecule is Cn1cc(CN(CCC(=O)O)Cc2ccc(F)cc2)nn1. The largest absolute Gasteiger partial charge is 0.481 e. The van der Waals surface area contributed by atoms with Crippen molar-refractivity contribution in [3.8, 4) is 0 Å². The van der Waals surface area contributed by atoms with E-state index in [0.29, 0.717) is 19.6 Å². The Balaban J connectivity index is 2.03. The van der Waals surface area contributed by atoms with E-state index in [1.54, 1.807) is 30.1 Å². The zero-order valence-corrected chi connectivity index (χ0v) is 11.7. The standard InChI is InChI=1S/C14H17FN4O2/c1-18-9-13(16-17-18)10-19(7-6-14(20)21)8-11-2-4-12(15)5-3-11/h2-5,9H,6-8,10H2,1H3,(H,20,21). The molecule has 0 aliphatic carbocycles. The van der Waals surface area contributed by atoms with Crippen molar-refractivity contribution in [3.63, 3.8) is 0 Å². The molecule has 0 spiro atoms. The summed E-state index contributed by atoms with van der Waals surface area (Å²) in [5.74, 6) is -1.14. The van der Waals surface area contributed by atoms with Crippen molar-refractivity contribution in [1.29, 1.82) is 0 Å². The Bertz CT molecular complexity index is 597. The Hall–Kier alpha value is -2.28. The quantitative estimate of drug-likeness (QED) is 0.836. The number of carboxylic acids is 1. The molecule has 0 saturated heterocycles. The van der Waals surface area contributed by atoms with E-state index < -0.39 is 5.97 Å². The summed E-state index contributed by atoms with van der Waals surface area (Å²) in [5, 5.41) is 16.7. The van der Waals surface area contributed by atoms with Crippen LogP contribution in [0.1, 0.15) is 17.7 Å². The second kappa shape index (κ2) is 6.94. The number of aliphatic carboxylic acids is 1. The summed E-state index contributed by atoms with van der Waals surface area (Å²) in [4.78, 5) is 12.7. The van der Waals surface area contributed by atoms with Crippen LogP contribution in [0.4, 0.5) is 4.39 Å². The van der Waals surface area contributed by atoms with Gasteiger partial charge in [0.25, 0.3) is 0 Å². The number of aromatic nitrogens is 3. The number of hydrogen-bond donors (Lipinski definition) is 1. The van der Waals surface area contributed by atoms with Crippen LogP contribution in [0.2, 0.25) is 0 Å². The highest BCUT2D eigenvalue weighted by atomic mass is 19.1. The minimum atomic E-state index is -0.849. The lowest BCUT2D eigenvalue weighted by Crippen LogP contribution is -2.26. The molecule has 0 bridgehead atoms. The molecule has 112 valence electrons. The van der Waals surface area contributed by atoms with Gasteiger partial charge in [-0.05, 0) is 17.7 Å². The maximum Gasteiger partial charge on any atom is 0.304 e. The Morgan fingerprint density at radius 2 is 2.05 bits per heavy atom. The van der Waals surface area contributed by atoms with Crippen molar-refractivity contribution in [2.75, 3.05) is 6.54 Å². The van der Waals surface area contributed by atoms with Crippen molar-refractivity contribution in [2.45, 2.75) is 19.5 Å². The topological polar surface area (TPSA) is 71.2 Å². The molecule has 6 nitrogen and oxygen atoms in total. The van der Waals surface area contributed by atoms with Gasteiger partial charge in [-0.25, -0.2) is 4.39 Å². The molecule has 0 aliphatic rings. The van der Waals surface area contributed by atoms with Gasteiger partial charge >= 0.3 is 5.97 Å². The van der Waals surface area contributed by atoms with E-state index in [-0.39, 0.29) is 12.2 Å². The third kappa shape index (κ3) is 4.96. The van der Waals surface area contributed by atoms with Gasteiger partial charge < -0.3 is 5.11 Å². The number of hydrogen-bond acceptors (Lipinski definition) is 4. The molecule has 0 fully saturated rings. The highest BCUT2D eigenvalue weighted by Gasteiger charge is 2.11. The lowest BCUT2D eigenvalue weighted by atomic mass is 10.2. The first-order chi connectivity index (χ1) is 10.0. The molecule has 0 atom stereocenters. The highest BCUT2D eigenvalue weighted by Crippen LogP contribution is 2.10. The molecule has 0 amide bonds. The lowest BCUT2D eigenvalue weighted by Gasteiger charge is -2.20. The fourth-order valence-corrected chi connectivity index (χ4v) is 2.01. The van der Waals surface area contributed by atoms with Gasteiger partial charge in [0, 0.05) is 32.9 Å². The normalized spacial score (nSPS) is 11.0. The summed E-state index contributed by atoms with van der Waals surface area (Å²) in [6.07, 6.45) is 1.83. The van der Waals surface area contributed by atoms with E-state index in [0.717, 1.165) is 11.3 Å². The average Bonchev–Trinajstić information content (AvgIpc) is 2.84. The number of rotatable bonds is 7. The molecule has 1 N–H and O–H groups in total. The van der Waals surface area contributed by atoms with Gasteiger partial charge in [0.2, 0.25) is 0 Å². The zero-order valence-electron chi connectivity index (χ0n) is 11.7. The number of halogens is 1. The molecule has 1 aromatic heterocycles. The Labute approximate surface area is 121 Å². The van der Waals surface area contributed by atoms with Gasteiger partial charge in [-0.15, -0.1) is 5.10 Å². The summed E-state index contributed by atoms with van der Waals surface area (Å²) in [7, 11) is 1.78. The maximum absolute atomic E-state index is 12.9. The van der Waals surface area contributed by atoms with Gasteiger partial charge in [-0.3, -0.25) is 14.4 Å². The molecule has 0 radical (unpaired) electrons. The Morgan fingerprint density at radius 1 is 1.33 bits per heavy atom. The third-order valence-electron chi connectivity index (χ3n) is 3.00. The first-order valence-electron chi connectivity index (χ1n) is 6.57. The Kier molecular flexibility index (Phi) is 4.99. The van der Waals surface area contributed by atoms with Crippen molar-refractivity contribution in [1.82, 2.24) is 19.9 Å². The summed E-state index contributed by atoms with van der Waals surface area (Å²) >= 11 is 0. The number of benzene rings is 1. The molecule has 1 heterocycles. The number of carbonyl (C=O) groups is 1. The van der Waals surface area contributed by atoms with Crippen LogP contribution in [0.25, 0.3) is 0 Å². The van der Waals surface area contributed by atoms with E-state index in [2.05, 4.69) is 10.3 Å². The average molecular weight is 292 g/mol. The molecule has 2 rings (SSSR count). The maximum atomic E-state index is 12.9. The first kappa shape index (κ1) is 15.1. The minimum absolute atomic E-state index is 0.0431. The number of carboxylic acid groups (broad SMARTS) is 1. The van der Waals surface area contributed by atoms with Crippen LogP contribution >= 0.6 is 0 Å². The fraction of sp³-hybridized carbons (Fsp3) is 0.357. The summed E-state index contributed by atoms with van der Waals surface area (Å²) in [6, 6.07) is 6.18. The van der Waals surface area contributed by atoms with Crippen molar-refractivity contribution in [2.24, 2.45) is 7.05 Å². The van der Waals surface area contributed by atoms with E-state index in [4.69, 9.17) is 5.11 Å². The van der Waals surface area contributed by atoms with Gasteiger partial charge in [0.15, 0.2) is 0 Å². The zero-order chi connectivity index (χ0) is 15.2. The van der Waals surface area contributed by atoms with Crippen LogP contribution in [0, 0.1) is 5.82 Å². The predicted octanol–water partition coefficient (Wildman–Crippen LogP) is 1.43. The van der Waals surface area contributed by atoms with E-state index in [1.807, 2.05) is 4.90 Å². The van der Waals surface area contributed by atoms with Crippen molar-refractivity contribution >= 4 is 5.97 Å². The van der Waals surface area contributed by atoms with Crippen molar-refractivity contribution in [3.05, 3.63) is 47.5 Å². The van der Waals surface area contributed by atoms with Crippen molar-refractivity contribution < 1.29 is 14.3 Å². The lowest BCUT2D eigenvalue weighted by molar-refractivity contribution is -0.137. The first-order valence-corrected chi connectivity index (χ1v) is 6.57. The summed E-state index contributed by atoms with van der Waals surface area (Å²) in [6.45, 7) is 1.42. The summed E-state index contributed by atoms with van der Waals surface area (Å²) in [5.41, 5.74) is 1.69. The van der Waals surface area contributed by atoms with Crippen LogP contribution in [-0.2, 0) is 24.9 Å². The second-order valence-corrected chi connectivity index (χ2v) is 4.86. The number of nitrogens with zero attached hydrogens (tertiary/aromatic N) is 4. The smallest absolute Gasteiger partial charge is 0.304 e. The van der Waals surface area contributed by atoms with E-state index in [9.17, 15) is 9.18 Å². The third-order valence-corrected chi connectivity index (χ3v) is 3.00. The molecule has 0 unspecified atom stereocenters. The fourth-order valence-electron chi connectivity index (χ4n) is 2.01. The van der Waals surface area contributed by atoms with Gasteiger partial charge in [-0.2, -0.15) is 0 Å². The number of aryl methyl sites for hydroxylation is 1. The molecular weight excluding hydrogens is 275 g/mol. The van der Waals surface area contributed by atoms with Crippen LogP contribution in [-0.4, -0.2) is 37.5 Å². The van der Waals surface area contributed by atoms with Crippen LogP contribution < -0.4 is 0 Å². The molecule has 2 aromatic rings. The van der Waals surface area contributed by atoms with Gasteiger partial charge in [0.05, 0.1) is 12.1 Å². The van der Waals surface area contributed by atoms with Gasteiger partial charge in [-0.1, -0.05) is 17.3 Å². The van der Waals surface area contributed by atoms with E-state index in [1.165, 1.54) is 12.1 Å². The molecule has 1 aromatic carbocycles. The predicted molar refractivity (Wildman–Crippen MR) is 73.8 cm³/mol. The monoisotopic (exact) mass is 292 g/mol. The molecule has 21 heavy (non-hydrogen) atoms. The summed E-state index contributed by atoms with van der Waals surface area (Å²) < 4.78 is 14.5. The Morgan fingerprint density at radius 3 is 2.62 bits per heavy atom. The van der Waals surface area contributed by atoms with Crippen LogP contribution in [0.3, 0.4) is 0 Å². The molecule has 7 heteroatoms. The molecule has 0 aliphatic heterocycles. The minimum Gasteiger partial charge on any atom is -0.481 e.